The Bertz CT molecular complexity index is 817. The first kappa shape index (κ1) is 22.1. The molecule has 1 aliphatic carbocycles. The molecule has 0 spiro atoms. The molecule has 2 N–H and O–H groups in total. The molecule has 0 radical (unpaired) electrons. The molecular weight excluding hydrogens is 406 g/mol. The molecule has 31 heavy (non-hydrogen) atoms. The average Bonchev–Trinajstić information content (AvgIpc) is 3.49. The fourth-order valence-corrected chi connectivity index (χ4v) is 5.76. The number of hydrogen-bond acceptors (Lipinski definition) is 5. The lowest BCUT2D eigenvalue weighted by Gasteiger charge is -2.39. The topological polar surface area (TPSA) is 61.8 Å². The third-order valence-corrected chi connectivity index (χ3v) is 7.39. The molecule has 1 aliphatic heterocycles. The molecule has 2 atom stereocenters. The van der Waals surface area contributed by atoms with Gasteiger partial charge in [-0.05, 0) is 75.0 Å². The van der Waals surface area contributed by atoms with Gasteiger partial charge in [0.25, 0.3) is 0 Å². The minimum absolute atomic E-state index is 0.344. The molecule has 1 saturated heterocycles. The molecule has 168 valence electrons. The Balaban J connectivity index is 1.26. The van der Waals surface area contributed by atoms with Gasteiger partial charge in [0.05, 0.1) is 0 Å². The average molecular weight is 442 g/mol. The predicted octanol–water partition coefficient (Wildman–Crippen LogP) is 4.21. The largest absolute Gasteiger partial charge is 0.474 e. The number of hydrogen-bond donors (Lipinski definition) is 2. The minimum atomic E-state index is 0.344. The quantitative estimate of drug-likeness (QED) is 0.498. The Morgan fingerprint density at radius 1 is 1.19 bits per heavy atom. The van der Waals surface area contributed by atoms with Gasteiger partial charge in [0.1, 0.15) is 6.10 Å². The number of rotatable bonds is 7. The van der Waals surface area contributed by atoms with Gasteiger partial charge >= 0.3 is 0 Å². The van der Waals surface area contributed by atoms with Crippen LogP contribution in [0, 0.1) is 5.92 Å². The van der Waals surface area contributed by atoms with Crippen LogP contribution >= 0.6 is 11.3 Å². The lowest BCUT2D eigenvalue weighted by Crippen LogP contribution is -2.44. The van der Waals surface area contributed by atoms with Crippen molar-refractivity contribution >= 4 is 17.3 Å². The number of aliphatic imine (C=N–C) groups is 1. The zero-order chi connectivity index (χ0) is 21.5. The third-order valence-electron chi connectivity index (χ3n) is 6.44. The van der Waals surface area contributed by atoms with Crippen LogP contribution in [0.25, 0.3) is 0 Å². The summed E-state index contributed by atoms with van der Waals surface area (Å²) in [6.07, 6.45) is 9.56. The first-order valence-electron chi connectivity index (χ1n) is 11.5. The van der Waals surface area contributed by atoms with E-state index in [-0.39, 0.29) is 0 Å². The van der Waals surface area contributed by atoms with E-state index in [1.54, 1.807) is 0 Å². The molecule has 2 aromatic heterocycles. The minimum Gasteiger partial charge on any atom is -0.474 e. The van der Waals surface area contributed by atoms with E-state index in [0.717, 1.165) is 36.8 Å². The molecule has 0 amide bonds. The maximum absolute atomic E-state index is 5.96. The molecule has 0 bridgehead atoms. The van der Waals surface area contributed by atoms with E-state index in [4.69, 9.17) is 4.74 Å². The van der Waals surface area contributed by atoms with Crippen LogP contribution in [0.3, 0.4) is 0 Å². The molecular formula is C24H35N5OS. The number of piperidine rings is 1. The molecule has 4 rings (SSSR count). The number of pyridine rings is 1. The van der Waals surface area contributed by atoms with Crippen molar-refractivity contribution in [3.05, 3.63) is 46.3 Å². The SMILES string of the molecule is CN=C(NCc1ccc(OC2CCCC2)nc1)NCC1CCCN(C)C1c1cccs1. The van der Waals surface area contributed by atoms with Crippen molar-refractivity contribution in [2.24, 2.45) is 10.9 Å². The lowest BCUT2D eigenvalue weighted by atomic mass is 9.88. The van der Waals surface area contributed by atoms with Gasteiger partial charge in [0.2, 0.25) is 5.88 Å². The maximum Gasteiger partial charge on any atom is 0.213 e. The van der Waals surface area contributed by atoms with Crippen LogP contribution in [0.4, 0.5) is 0 Å². The number of likely N-dealkylation sites (tertiary alicyclic amines) is 1. The van der Waals surface area contributed by atoms with E-state index < -0.39 is 0 Å². The molecule has 2 unspecified atom stereocenters. The lowest BCUT2D eigenvalue weighted by molar-refractivity contribution is 0.125. The van der Waals surface area contributed by atoms with Gasteiger partial charge in [-0.3, -0.25) is 9.89 Å². The van der Waals surface area contributed by atoms with Crippen LogP contribution in [0.5, 0.6) is 5.88 Å². The second-order valence-electron chi connectivity index (χ2n) is 8.68. The van der Waals surface area contributed by atoms with Crippen molar-refractivity contribution in [2.75, 3.05) is 27.2 Å². The van der Waals surface area contributed by atoms with Crippen molar-refractivity contribution in [1.29, 1.82) is 0 Å². The zero-order valence-electron chi connectivity index (χ0n) is 18.7. The zero-order valence-corrected chi connectivity index (χ0v) is 19.5. The van der Waals surface area contributed by atoms with E-state index in [9.17, 15) is 0 Å². The van der Waals surface area contributed by atoms with E-state index in [1.165, 1.54) is 37.1 Å². The summed E-state index contributed by atoms with van der Waals surface area (Å²) in [5, 5.41) is 9.16. The first-order valence-corrected chi connectivity index (χ1v) is 12.4. The Morgan fingerprint density at radius 3 is 2.77 bits per heavy atom. The summed E-state index contributed by atoms with van der Waals surface area (Å²) in [5.74, 6) is 2.15. The maximum atomic E-state index is 5.96. The monoisotopic (exact) mass is 441 g/mol. The Morgan fingerprint density at radius 2 is 2.06 bits per heavy atom. The Labute approximate surface area is 190 Å². The number of nitrogens with zero attached hydrogens (tertiary/aromatic N) is 3. The van der Waals surface area contributed by atoms with Crippen LogP contribution in [-0.4, -0.2) is 49.1 Å². The number of aromatic nitrogens is 1. The van der Waals surface area contributed by atoms with Crippen molar-refractivity contribution < 1.29 is 4.74 Å². The van der Waals surface area contributed by atoms with Crippen LogP contribution < -0.4 is 15.4 Å². The van der Waals surface area contributed by atoms with Gasteiger partial charge in [-0.2, -0.15) is 0 Å². The number of thiophene rings is 1. The molecule has 7 heteroatoms. The summed E-state index contributed by atoms with van der Waals surface area (Å²) in [6, 6.07) is 8.97. The molecule has 6 nitrogen and oxygen atoms in total. The molecule has 1 saturated carbocycles. The number of nitrogens with one attached hydrogen (secondary N) is 2. The molecule has 0 aromatic carbocycles. The highest BCUT2D eigenvalue weighted by molar-refractivity contribution is 7.10. The highest BCUT2D eigenvalue weighted by atomic mass is 32.1. The standard InChI is InChI=1S/C24H35N5OS/c1-25-24(27-16-18-11-12-22(26-15-18)30-20-8-3-4-9-20)28-17-19-7-5-13-29(2)23(19)21-10-6-14-31-21/h6,10-12,14-15,19-20,23H,3-5,7-9,13,16-17H2,1-2H3,(H2,25,27,28). The summed E-state index contributed by atoms with van der Waals surface area (Å²) in [5.41, 5.74) is 1.12. The van der Waals surface area contributed by atoms with E-state index >= 15 is 0 Å². The van der Waals surface area contributed by atoms with Gasteiger partial charge in [-0.25, -0.2) is 4.98 Å². The molecule has 2 aliphatic rings. The first-order chi connectivity index (χ1) is 15.2. The highest BCUT2D eigenvalue weighted by Crippen LogP contribution is 2.36. The molecule has 2 aromatic rings. The summed E-state index contributed by atoms with van der Waals surface area (Å²) in [4.78, 5) is 12.9. The normalized spacial score (nSPS) is 23.1. The second kappa shape index (κ2) is 11.0. The van der Waals surface area contributed by atoms with E-state index in [1.807, 2.05) is 30.6 Å². The van der Waals surface area contributed by atoms with Gasteiger partial charge in [-0.1, -0.05) is 12.1 Å². The Hall–Kier alpha value is -2.12. The van der Waals surface area contributed by atoms with Gasteiger partial charge < -0.3 is 15.4 Å². The Kier molecular flexibility index (Phi) is 7.81. The van der Waals surface area contributed by atoms with Gasteiger partial charge in [0, 0.05) is 43.3 Å². The predicted molar refractivity (Wildman–Crippen MR) is 128 cm³/mol. The van der Waals surface area contributed by atoms with Gasteiger partial charge in [-0.15, -0.1) is 11.3 Å². The number of ether oxygens (including phenoxy) is 1. The molecule has 2 fully saturated rings. The van der Waals surface area contributed by atoms with Crippen LogP contribution in [0.1, 0.15) is 55.0 Å². The second-order valence-corrected chi connectivity index (χ2v) is 9.66. The summed E-state index contributed by atoms with van der Waals surface area (Å²) < 4.78 is 5.96. The highest BCUT2D eigenvalue weighted by Gasteiger charge is 2.31. The van der Waals surface area contributed by atoms with Crippen molar-refractivity contribution in [3.8, 4) is 5.88 Å². The van der Waals surface area contributed by atoms with Crippen LogP contribution in [-0.2, 0) is 6.54 Å². The summed E-state index contributed by atoms with van der Waals surface area (Å²) in [7, 11) is 4.08. The van der Waals surface area contributed by atoms with E-state index in [2.05, 4.69) is 56.1 Å². The fraction of sp³-hybridized carbons (Fsp3) is 0.583. The van der Waals surface area contributed by atoms with Gasteiger partial charge in [0.15, 0.2) is 5.96 Å². The van der Waals surface area contributed by atoms with Crippen LogP contribution in [0.2, 0.25) is 0 Å². The van der Waals surface area contributed by atoms with E-state index in [0.29, 0.717) is 24.6 Å². The van der Waals surface area contributed by atoms with Crippen molar-refractivity contribution in [2.45, 2.75) is 57.2 Å². The van der Waals surface area contributed by atoms with Crippen molar-refractivity contribution in [3.63, 3.8) is 0 Å². The molecule has 3 heterocycles. The van der Waals surface area contributed by atoms with Crippen molar-refractivity contribution in [1.82, 2.24) is 20.5 Å². The number of guanidine groups is 1. The van der Waals surface area contributed by atoms with Crippen LogP contribution in [0.15, 0.2) is 40.8 Å². The third kappa shape index (κ3) is 5.98. The summed E-state index contributed by atoms with van der Waals surface area (Å²) >= 11 is 1.86. The fourth-order valence-electron chi connectivity index (χ4n) is 4.78. The summed E-state index contributed by atoms with van der Waals surface area (Å²) in [6.45, 7) is 2.77. The smallest absolute Gasteiger partial charge is 0.213 e.